The van der Waals surface area contributed by atoms with Gasteiger partial charge in [0.15, 0.2) is 0 Å². The highest BCUT2D eigenvalue weighted by Crippen LogP contribution is 2.33. The number of fused-ring (bicyclic) bond motifs is 1. The Balaban J connectivity index is 1.64. The summed E-state index contributed by atoms with van der Waals surface area (Å²) in [5.41, 5.74) is 4.70. The van der Waals surface area contributed by atoms with E-state index in [2.05, 4.69) is 72.4 Å². The van der Waals surface area contributed by atoms with Crippen LogP contribution in [0.25, 0.3) is 0 Å². The molecule has 1 aromatic carbocycles. The summed E-state index contributed by atoms with van der Waals surface area (Å²) in [5, 5.41) is 9.46. The molecule has 1 saturated heterocycles. The third-order valence-electron chi connectivity index (χ3n) is 7.84. The van der Waals surface area contributed by atoms with Gasteiger partial charge in [-0.2, -0.15) is 15.2 Å². The van der Waals surface area contributed by atoms with Crippen LogP contribution in [0.4, 0.5) is 11.5 Å². The minimum absolute atomic E-state index is 0.134. The molecular weight excluding hydrogens is 490 g/mol. The Morgan fingerprint density at radius 2 is 1.97 bits per heavy atom. The second-order valence-corrected chi connectivity index (χ2v) is 9.98. The normalized spacial score (nSPS) is 17.1. The van der Waals surface area contributed by atoms with Gasteiger partial charge >= 0.3 is 6.01 Å². The molecule has 2 aliphatic heterocycles. The number of amides is 1. The van der Waals surface area contributed by atoms with E-state index in [-0.39, 0.29) is 18.4 Å². The Morgan fingerprint density at radius 1 is 1.18 bits per heavy atom. The average Bonchev–Trinajstić information content (AvgIpc) is 2.98. The van der Waals surface area contributed by atoms with E-state index < -0.39 is 0 Å². The summed E-state index contributed by atoms with van der Waals surface area (Å²) in [6.07, 6.45) is 3.38. The minimum Gasteiger partial charge on any atom is -0.462 e. The molecule has 0 saturated carbocycles. The van der Waals surface area contributed by atoms with Crippen LogP contribution in [0.5, 0.6) is 6.01 Å². The molecule has 2 aliphatic rings. The molecule has 1 atom stereocenters. The Hall–Kier alpha value is -3.64. The number of likely N-dealkylation sites (N-methyl/N-ethyl adjacent to an activating group) is 1. The van der Waals surface area contributed by atoms with Gasteiger partial charge in [-0.3, -0.25) is 4.79 Å². The summed E-state index contributed by atoms with van der Waals surface area (Å²) in [5.74, 6) is 0.736. The maximum atomic E-state index is 12.5. The number of nitriles is 1. The first-order valence-electron chi connectivity index (χ1n) is 14.2. The van der Waals surface area contributed by atoms with Crippen molar-refractivity contribution in [2.75, 3.05) is 62.2 Å². The first-order valence-corrected chi connectivity index (χ1v) is 14.2. The Kier molecular flexibility index (Phi) is 9.77. The van der Waals surface area contributed by atoms with Crippen molar-refractivity contribution in [3.05, 3.63) is 53.7 Å². The van der Waals surface area contributed by atoms with Gasteiger partial charge in [-0.05, 0) is 43.6 Å². The van der Waals surface area contributed by atoms with Crippen molar-refractivity contribution in [2.45, 2.75) is 52.6 Å². The molecule has 0 bridgehead atoms. The average molecular weight is 532 g/mol. The maximum absolute atomic E-state index is 12.5. The second-order valence-electron chi connectivity index (χ2n) is 9.98. The van der Waals surface area contributed by atoms with E-state index in [0.29, 0.717) is 38.8 Å². The van der Waals surface area contributed by atoms with Crippen molar-refractivity contribution in [1.82, 2.24) is 19.8 Å². The third kappa shape index (κ3) is 6.51. The summed E-state index contributed by atoms with van der Waals surface area (Å²) in [6.45, 7) is 16.6. The van der Waals surface area contributed by atoms with Crippen LogP contribution < -0.4 is 14.5 Å². The standard InChI is InChI=1S/C30H41N7O2/c1-5-23-11-9-10-12-27(23)35-16-14-25-26(22-35)32-30(39-20-19-34(7-3)8-4)33-29(25)36-17-18-37(28(38)6-2)24(21-36)13-15-31/h6,9-12,24H,2,5,7-8,13-14,16-22H2,1,3-4H3. The molecule has 2 aromatic rings. The molecule has 9 nitrogen and oxygen atoms in total. The highest BCUT2D eigenvalue weighted by Gasteiger charge is 2.33. The number of para-hydroxylation sites is 1. The largest absolute Gasteiger partial charge is 0.462 e. The van der Waals surface area contributed by atoms with Gasteiger partial charge in [0.05, 0.1) is 30.8 Å². The molecule has 1 aromatic heterocycles. The second kappa shape index (κ2) is 13.4. The van der Waals surface area contributed by atoms with Gasteiger partial charge < -0.3 is 24.3 Å². The minimum atomic E-state index is -0.219. The lowest BCUT2D eigenvalue weighted by Crippen LogP contribution is -2.55. The predicted octanol–water partition coefficient (Wildman–Crippen LogP) is 3.44. The van der Waals surface area contributed by atoms with Crippen molar-refractivity contribution in [3.63, 3.8) is 0 Å². The smallest absolute Gasteiger partial charge is 0.318 e. The summed E-state index contributed by atoms with van der Waals surface area (Å²) < 4.78 is 6.14. The number of rotatable bonds is 11. The molecular formula is C30H41N7O2. The van der Waals surface area contributed by atoms with E-state index in [1.165, 1.54) is 17.3 Å². The van der Waals surface area contributed by atoms with Crippen LogP contribution in [0, 0.1) is 11.3 Å². The lowest BCUT2D eigenvalue weighted by atomic mass is 10.0. The van der Waals surface area contributed by atoms with Gasteiger partial charge in [-0.15, -0.1) is 0 Å². The maximum Gasteiger partial charge on any atom is 0.318 e. The molecule has 0 aliphatic carbocycles. The zero-order valence-corrected chi connectivity index (χ0v) is 23.6. The van der Waals surface area contributed by atoms with Crippen molar-refractivity contribution in [2.24, 2.45) is 0 Å². The number of carbonyl (C=O) groups is 1. The molecule has 4 rings (SSSR count). The van der Waals surface area contributed by atoms with Crippen LogP contribution in [-0.2, 0) is 24.2 Å². The lowest BCUT2D eigenvalue weighted by molar-refractivity contribution is -0.128. The molecule has 9 heteroatoms. The monoisotopic (exact) mass is 531 g/mol. The predicted molar refractivity (Wildman–Crippen MR) is 154 cm³/mol. The van der Waals surface area contributed by atoms with Crippen molar-refractivity contribution in [1.29, 1.82) is 5.26 Å². The van der Waals surface area contributed by atoms with Gasteiger partial charge in [0.2, 0.25) is 5.91 Å². The Bertz CT molecular complexity index is 1190. The fourth-order valence-electron chi connectivity index (χ4n) is 5.58. The van der Waals surface area contributed by atoms with Gasteiger partial charge in [-0.25, -0.2) is 0 Å². The zero-order chi connectivity index (χ0) is 27.8. The number of piperazine rings is 1. The van der Waals surface area contributed by atoms with Gasteiger partial charge in [-0.1, -0.05) is 45.5 Å². The number of nitrogens with zero attached hydrogens (tertiary/aromatic N) is 7. The van der Waals surface area contributed by atoms with E-state index in [9.17, 15) is 10.1 Å². The van der Waals surface area contributed by atoms with Crippen LogP contribution in [-0.4, -0.2) is 84.1 Å². The fourth-order valence-corrected chi connectivity index (χ4v) is 5.58. The van der Waals surface area contributed by atoms with Crippen LogP contribution >= 0.6 is 0 Å². The van der Waals surface area contributed by atoms with Crippen molar-refractivity contribution in [3.8, 4) is 12.1 Å². The summed E-state index contributed by atoms with van der Waals surface area (Å²) >= 11 is 0. The van der Waals surface area contributed by atoms with E-state index in [1.54, 1.807) is 4.90 Å². The number of aromatic nitrogens is 2. The molecule has 0 spiro atoms. The number of benzene rings is 1. The Labute approximate surface area is 232 Å². The summed E-state index contributed by atoms with van der Waals surface area (Å²) in [6, 6.07) is 11.0. The van der Waals surface area contributed by atoms with Gasteiger partial charge in [0.1, 0.15) is 12.4 Å². The van der Waals surface area contributed by atoms with Crippen LogP contribution in [0.3, 0.4) is 0 Å². The Morgan fingerprint density at radius 3 is 2.69 bits per heavy atom. The van der Waals surface area contributed by atoms with Crippen LogP contribution in [0.2, 0.25) is 0 Å². The molecule has 208 valence electrons. The fraction of sp³-hybridized carbons (Fsp3) is 0.533. The molecule has 0 N–H and O–H groups in total. The summed E-state index contributed by atoms with van der Waals surface area (Å²) in [4.78, 5) is 31.0. The number of hydrogen-bond donors (Lipinski definition) is 0. The molecule has 39 heavy (non-hydrogen) atoms. The lowest BCUT2D eigenvalue weighted by Gasteiger charge is -2.42. The number of hydrogen-bond acceptors (Lipinski definition) is 8. The van der Waals surface area contributed by atoms with Crippen LogP contribution in [0.1, 0.15) is 44.0 Å². The third-order valence-corrected chi connectivity index (χ3v) is 7.84. The quantitative estimate of drug-likeness (QED) is 0.408. The van der Waals surface area contributed by atoms with E-state index in [1.807, 2.05) is 0 Å². The number of aryl methyl sites for hydroxylation is 1. The molecule has 1 amide bonds. The topological polar surface area (TPSA) is 88.8 Å². The summed E-state index contributed by atoms with van der Waals surface area (Å²) in [7, 11) is 0. The highest BCUT2D eigenvalue weighted by atomic mass is 16.5. The molecule has 1 unspecified atom stereocenters. The molecule has 0 radical (unpaired) electrons. The van der Waals surface area contributed by atoms with Crippen LogP contribution in [0.15, 0.2) is 36.9 Å². The van der Waals surface area contributed by atoms with E-state index >= 15 is 0 Å². The molecule has 3 heterocycles. The van der Waals surface area contributed by atoms with E-state index in [0.717, 1.165) is 56.1 Å². The number of anilines is 2. The zero-order valence-electron chi connectivity index (χ0n) is 23.6. The van der Waals surface area contributed by atoms with Crippen molar-refractivity contribution < 1.29 is 9.53 Å². The van der Waals surface area contributed by atoms with Crippen molar-refractivity contribution >= 4 is 17.4 Å². The first kappa shape index (κ1) is 28.4. The first-order chi connectivity index (χ1) is 19.0. The SMILES string of the molecule is C=CC(=O)N1CCN(c2nc(OCCN(CC)CC)nc3c2CCN(c2ccccc2CC)C3)CC1CC#N. The highest BCUT2D eigenvalue weighted by molar-refractivity contribution is 5.87. The molecule has 1 fully saturated rings. The van der Waals surface area contributed by atoms with Gasteiger partial charge in [0.25, 0.3) is 0 Å². The van der Waals surface area contributed by atoms with E-state index in [4.69, 9.17) is 14.7 Å². The van der Waals surface area contributed by atoms with Gasteiger partial charge in [0, 0.05) is 44.0 Å². The number of carbonyl (C=O) groups excluding carboxylic acids is 1. The number of ether oxygens (including phenoxy) is 1.